The van der Waals surface area contributed by atoms with Crippen LogP contribution in [0, 0.1) is 0 Å². The van der Waals surface area contributed by atoms with Gasteiger partial charge >= 0.3 is 0 Å². The SMILES string of the molecule is COc1ccc(C=C2SC(=S)N(c3ccc4c(c3)OCO4)C2=O)c(OC)c1. The molecule has 0 aliphatic carbocycles. The largest absolute Gasteiger partial charge is 0.497 e. The first-order valence-electron chi connectivity index (χ1n) is 8.00. The molecule has 0 radical (unpaired) electrons. The third-order valence-corrected chi connectivity index (χ3v) is 5.44. The number of fused-ring (bicyclic) bond motifs is 1. The minimum atomic E-state index is -0.193. The van der Waals surface area contributed by atoms with E-state index in [1.54, 1.807) is 44.6 Å². The molecular formula is C19H15NO5S2. The third kappa shape index (κ3) is 3.22. The Kier molecular flexibility index (Phi) is 4.67. The Hall–Kier alpha value is -2.71. The number of carbonyl (C=O) groups is 1. The smallest absolute Gasteiger partial charge is 0.270 e. The summed E-state index contributed by atoms with van der Waals surface area (Å²) in [5.74, 6) is 2.35. The topological polar surface area (TPSA) is 57.2 Å². The highest BCUT2D eigenvalue weighted by Gasteiger charge is 2.34. The van der Waals surface area contributed by atoms with Gasteiger partial charge in [0.1, 0.15) is 11.5 Å². The molecule has 0 bridgehead atoms. The predicted molar refractivity (Wildman–Crippen MR) is 108 cm³/mol. The molecule has 0 unspecified atom stereocenters. The molecule has 0 saturated carbocycles. The number of rotatable bonds is 4. The van der Waals surface area contributed by atoms with Gasteiger partial charge in [0.25, 0.3) is 5.91 Å². The second-order valence-electron chi connectivity index (χ2n) is 5.66. The van der Waals surface area contributed by atoms with Crippen molar-refractivity contribution in [2.45, 2.75) is 0 Å². The van der Waals surface area contributed by atoms with Gasteiger partial charge in [-0.15, -0.1) is 0 Å². The van der Waals surface area contributed by atoms with E-state index in [-0.39, 0.29) is 12.7 Å². The molecule has 2 aliphatic heterocycles. The number of methoxy groups -OCH3 is 2. The van der Waals surface area contributed by atoms with Gasteiger partial charge in [-0.2, -0.15) is 0 Å². The summed E-state index contributed by atoms with van der Waals surface area (Å²) in [5.41, 5.74) is 1.41. The quantitative estimate of drug-likeness (QED) is 0.570. The van der Waals surface area contributed by atoms with Crippen LogP contribution in [0.15, 0.2) is 41.3 Å². The lowest BCUT2D eigenvalue weighted by atomic mass is 10.1. The fraction of sp³-hybridized carbons (Fsp3) is 0.158. The number of thiocarbonyl (C=S) groups is 1. The maximum Gasteiger partial charge on any atom is 0.270 e. The maximum atomic E-state index is 13.0. The minimum Gasteiger partial charge on any atom is -0.497 e. The molecule has 1 fully saturated rings. The summed E-state index contributed by atoms with van der Waals surface area (Å²) >= 11 is 6.67. The highest BCUT2D eigenvalue weighted by atomic mass is 32.2. The van der Waals surface area contributed by atoms with E-state index in [9.17, 15) is 4.79 Å². The predicted octanol–water partition coefficient (Wildman–Crippen LogP) is 3.84. The van der Waals surface area contributed by atoms with Gasteiger partial charge in [-0.1, -0.05) is 24.0 Å². The number of hydrogen-bond acceptors (Lipinski definition) is 7. The molecule has 0 aromatic heterocycles. The van der Waals surface area contributed by atoms with Gasteiger partial charge in [0, 0.05) is 17.7 Å². The second kappa shape index (κ2) is 7.13. The summed E-state index contributed by atoms with van der Waals surface area (Å²) in [7, 11) is 3.16. The van der Waals surface area contributed by atoms with Crippen molar-refractivity contribution in [3.8, 4) is 23.0 Å². The van der Waals surface area contributed by atoms with E-state index in [0.29, 0.717) is 37.9 Å². The molecule has 1 saturated heterocycles. The molecule has 6 nitrogen and oxygen atoms in total. The van der Waals surface area contributed by atoms with Crippen molar-refractivity contribution >= 4 is 46.0 Å². The summed E-state index contributed by atoms with van der Waals surface area (Å²) in [5, 5.41) is 0. The minimum absolute atomic E-state index is 0.175. The Bertz CT molecular complexity index is 973. The second-order valence-corrected chi connectivity index (χ2v) is 7.34. The molecule has 138 valence electrons. The first kappa shape index (κ1) is 17.7. The van der Waals surface area contributed by atoms with E-state index in [4.69, 9.17) is 31.2 Å². The Morgan fingerprint density at radius 1 is 1.11 bits per heavy atom. The van der Waals surface area contributed by atoms with Crippen LogP contribution in [0.3, 0.4) is 0 Å². The molecule has 0 atom stereocenters. The van der Waals surface area contributed by atoms with E-state index in [1.807, 2.05) is 12.1 Å². The Morgan fingerprint density at radius 3 is 2.70 bits per heavy atom. The fourth-order valence-electron chi connectivity index (χ4n) is 2.79. The molecule has 27 heavy (non-hydrogen) atoms. The summed E-state index contributed by atoms with van der Waals surface area (Å²) in [6.07, 6.45) is 1.77. The van der Waals surface area contributed by atoms with Crippen LogP contribution in [-0.4, -0.2) is 31.2 Å². The van der Waals surface area contributed by atoms with Gasteiger partial charge in [0.05, 0.1) is 24.8 Å². The molecular weight excluding hydrogens is 386 g/mol. The molecule has 2 aromatic carbocycles. The van der Waals surface area contributed by atoms with Crippen molar-refractivity contribution in [2.75, 3.05) is 25.9 Å². The highest BCUT2D eigenvalue weighted by molar-refractivity contribution is 8.27. The standard InChI is InChI=1S/C19H15NO5S2/c1-22-13-5-3-11(15(9-13)23-2)7-17-18(21)20(19(26)27-17)12-4-6-14-16(8-12)25-10-24-14/h3-9H,10H2,1-2H3. The Labute approximate surface area is 165 Å². The van der Waals surface area contributed by atoms with Crippen LogP contribution in [0.1, 0.15) is 5.56 Å². The zero-order valence-corrected chi connectivity index (χ0v) is 16.2. The first-order valence-corrected chi connectivity index (χ1v) is 9.23. The van der Waals surface area contributed by atoms with Crippen molar-refractivity contribution in [1.82, 2.24) is 0 Å². The fourth-order valence-corrected chi connectivity index (χ4v) is 4.08. The summed E-state index contributed by atoms with van der Waals surface area (Å²) in [6.45, 7) is 0.175. The molecule has 2 aromatic rings. The normalized spacial score (nSPS) is 17.0. The van der Waals surface area contributed by atoms with Crippen LogP contribution < -0.4 is 23.8 Å². The van der Waals surface area contributed by atoms with Crippen molar-refractivity contribution in [2.24, 2.45) is 0 Å². The van der Waals surface area contributed by atoms with E-state index in [1.165, 1.54) is 16.7 Å². The first-order chi connectivity index (χ1) is 13.1. The Morgan fingerprint density at radius 2 is 1.93 bits per heavy atom. The van der Waals surface area contributed by atoms with Crippen molar-refractivity contribution in [1.29, 1.82) is 0 Å². The number of ether oxygens (including phenoxy) is 4. The van der Waals surface area contributed by atoms with Gasteiger partial charge in [-0.3, -0.25) is 9.69 Å². The zero-order valence-electron chi connectivity index (χ0n) is 14.6. The van der Waals surface area contributed by atoms with Crippen LogP contribution in [0.5, 0.6) is 23.0 Å². The molecule has 2 aliphatic rings. The molecule has 8 heteroatoms. The van der Waals surface area contributed by atoms with Crippen molar-refractivity contribution in [3.05, 3.63) is 46.9 Å². The lowest BCUT2D eigenvalue weighted by molar-refractivity contribution is -0.113. The van der Waals surface area contributed by atoms with Crippen molar-refractivity contribution in [3.63, 3.8) is 0 Å². The van der Waals surface area contributed by atoms with Crippen LogP contribution in [-0.2, 0) is 4.79 Å². The number of thioether (sulfide) groups is 1. The molecule has 0 N–H and O–H groups in total. The average molecular weight is 401 g/mol. The van der Waals surface area contributed by atoms with E-state index in [0.717, 1.165) is 5.56 Å². The third-order valence-electron chi connectivity index (χ3n) is 4.14. The summed E-state index contributed by atoms with van der Waals surface area (Å²) in [6, 6.07) is 10.7. The number of anilines is 1. The molecule has 1 amide bonds. The van der Waals surface area contributed by atoms with Gasteiger partial charge < -0.3 is 18.9 Å². The molecule has 4 rings (SSSR count). The van der Waals surface area contributed by atoms with Crippen LogP contribution in [0.4, 0.5) is 5.69 Å². The van der Waals surface area contributed by atoms with Gasteiger partial charge in [-0.25, -0.2) is 0 Å². The van der Waals surface area contributed by atoms with Crippen LogP contribution in [0.25, 0.3) is 6.08 Å². The Balaban J connectivity index is 1.66. The van der Waals surface area contributed by atoms with Crippen LogP contribution in [0.2, 0.25) is 0 Å². The summed E-state index contributed by atoms with van der Waals surface area (Å²) < 4.78 is 21.8. The number of nitrogens with zero attached hydrogens (tertiary/aromatic N) is 1. The lowest BCUT2D eigenvalue weighted by Gasteiger charge is -2.14. The molecule has 2 heterocycles. The van der Waals surface area contributed by atoms with Crippen molar-refractivity contribution < 1.29 is 23.7 Å². The number of amides is 1. The summed E-state index contributed by atoms with van der Waals surface area (Å²) in [4.78, 5) is 15.0. The molecule has 0 spiro atoms. The lowest BCUT2D eigenvalue weighted by Crippen LogP contribution is -2.27. The van der Waals surface area contributed by atoms with Gasteiger partial charge in [0.2, 0.25) is 6.79 Å². The zero-order chi connectivity index (χ0) is 19.0. The number of carbonyl (C=O) groups excluding carboxylic acids is 1. The van der Waals surface area contributed by atoms with Crippen LogP contribution >= 0.6 is 24.0 Å². The van der Waals surface area contributed by atoms with E-state index in [2.05, 4.69) is 0 Å². The average Bonchev–Trinajstić information content (AvgIpc) is 3.25. The van der Waals surface area contributed by atoms with Gasteiger partial charge in [-0.05, 0) is 30.3 Å². The maximum absolute atomic E-state index is 13.0. The number of benzene rings is 2. The number of hydrogen-bond donors (Lipinski definition) is 0. The highest BCUT2D eigenvalue weighted by Crippen LogP contribution is 2.41. The van der Waals surface area contributed by atoms with Gasteiger partial charge in [0.15, 0.2) is 15.8 Å². The monoisotopic (exact) mass is 401 g/mol. The van der Waals surface area contributed by atoms with E-state index >= 15 is 0 Å². The van der Waals surface area contributed by atoms with E-state index < -0.39 is 0 Å².